The predicted molar refractivity (Wildman–Crippen MR) is 79.6 cm³/mol. The summed E-state index contributed by atoms with van der Waals surface area (Å²) in [4.78, 5) is 13.0. The molecule has 2 rings (SSSR count). The smallest absolute Gasteiger partial charge is 0.240 e. The van der Waals surface area contributed by atoms with Crippen molar-refractivity contribution in [3.05, 3.63) is 41.5 Å². The van der Waals surface area contributed by atoms with Crippen LogP contribution in [0.2, 0.25) is 0 Å². The van der Waals surface area contributed by atoms with E-state index >= 15 is 0 Å². The Hall–Kier alpha value is -2.21. The summed E-state index contributed by atoms with van der Waals surface area (Å²) in [7, 11) is 3.12. The fraction of sp³-hybridized carbons (Fsp3) is 0.400. The lowest BCUT2D eigenvalue weighted by molar-refractivity contribution is 0.352. The number of aromatic nitrogens is 3. The van der Waals surface area contributed by atoms with Gasteiger partial charge in [-0.2, -0.15) is 4.98 Å². The second-order valence-electron chi connectivity index (χ2n) is 4.59. The van der Waals surface area contributed by atoms with Gasteiger partial charge in [0.1, 0.15) is 5.69 Å². The molecular formula is C15H20N4O2. The van der Waals surface area contributed by atoms with E-state index in [4.69, 9.17) is 9.47 Å². The fourth-order valence-electron chi connectivity index (χ4n) is 2.13. The summed E-state index contributed by atoms with van der Waals surface area (Å²) in [5.41, 5.74) is 2.83. The topological polar surface area (TPSA) is 69.2 Å². The lowest BCUT2D eigenvalue weighted by Crippen LogP contribution is -2.24. The lowest BCUT2D eigenvalue weighted by atomic mass is 10.0. The summed E-state index contributed by atoms with van der Waals surface area (Å²) < 4.78 is 10.4. The van der Waals surface area contributed by atoms with Gasteiger partial charge in [0.25, 0.3) is 0 Å². The van der Waals surface area contributed by atoms with Crippen molar-refractivity contribution in [2.45, 2.75) is 19.9 Å². The van der Waals surface area contributed by atoms with E-state index in [1.165, 1.54) is 0 Å². The van der Waals surface area contributed by atoms with Gasteiger partial charge in [0.15, 0.2) is 0 Å². The van der Waals surface area contributed by atoms with E-state index in [2.05, 4.69) is 26.3 Å². The van der Waals surface area contributed by atoms with Crippen LogP contribution in [0.5, 0.6) is 11.8 Å². The van der Waals surface area contributed by atoms with E-state index in [0.717, 1.165) is 17.7 Å². The highest BCUT2D eigenvalue weighted by Gasteiger charge is 2.21. The molecule has 0 saturated heterocycles. The molecule has 2 aromatic heterocycles. The van der Waals surface area contributed by atoms with Crippen molar-refractivity contribution in [1.29, 1.82) is 0 Å². The van der Waals surface area contributed by atoms with Gasteiger partial charge in [-0.3, -0.25) is 4.98 Å². The zero-order chi connectivity index (χ0) is 15.2. The van der Waals surface area contributed by atoms with Crippen LogP contribution in [0, 0.1) is 6.92 Å². The molecule has 6 heteroatoms. The average Bonchev–Trinajstić information content (AvgIpc) is 2.52. The Bertz CT molecular complexity index is 604. The molecule has 21 heavy (non-hydrogen) atoms. The second kappa shape index (κ2) is 6.99. The predicted octanol–water partition coefficient (Wildman–Crippen LogP) is 1.90. The Labute approximate surface area is 124 Å². The Morgan fingerprint density at radius 2 is 2.00 bits per heavy atom. The molecule has 6 nitrogen and oxygen atoms in total. The third-order valence-corrected chi connectivity index (χ3v) is 3.06. The standard InChI is InChI=1S/C15H20N4O2/c1-5-17-13(11-6-10(2)7-16-8-11)14-15(21-4)19-12(20-3)9-18-14/h6-9,13,17H,5H2,1-4H3. The normalized spacial score (nSPS) is 12.0. The van der Waals surface area contributed by atoms with Crippen molar-refractivity contribution in [3.8, 4) is 11.8 Å². The van der Waals surface area contributed by atoms with Crippen molar-refractivity contribution in [3.63, 3.8) is 0 Å². The first-order valence-corrected chi connectivity index (χ1v) is 6.79. The Morgan fingerprint density at radius 1 is 1.19 bits per heavy atom. The van der Waals surface area contributed by atoms with Crippen LogP contribution in [0.1, 0.15) is 29.8 Å². The van der Waals surface area contributed by atoms with Crippen molar-refractivity contribution in [1.82, 2.24) is 20.3 Å². The van der Waals surface area contributed by atoms with Crippen LogP contribution in [0.4, 0.5) is 0 Å². The zero-order valence-corrected chi connectivity index (χ0v) is 12.8. The van der Waals surface area contributed by atoms with Gasteiger partial charge in [0, 0.05) is 12.4 Å². The van der Waals surface area contributed by atoms with Crippen LogP contribution in [0.25, 0.3) is 0 Å². The molecule has 0 fully saturated rings. The molecule has 0 spiro atoms. The minimum atomic E-state index is -0.129. The number of hydrogen-bond acceptors (Lipinski definition) is 6. The van der Waals surface area contributed by atoms with Crippen LogP contribution in [0.15, 0.2) is 24.7 Å². The van der Waals surface area contributed by atoms with E-state index < -0.39 is 0 Å². The fourth-order valence-corrected chi connectivity index (χ4v) is 2.13. The minimum absolute atomic E-state index is 0.129. The Kier molecular flexibility index (Phi) is 5.05. The van der Waals surface area contributed by atoms with Crippen LogP contribution < -0.4 is 14.8 Å². The summed E-state index contributed by atoms with van der Waals surface area (Å²) in [6, 6.07) is 1.95. The van der Waals surface area contributed by atoms with Gasteiger partial charge >= 0.3 is 0 Å². The molecule has 0 aromatic carbocycles. The molecule has 1 N–H and O–H groups in total. The quantitative estimate of drug-likeness (QED) is 0.875. The number of methoxy groups -OCH3 is 2. The van der Waals surface area contributed by atoms with Crippen LogP contribution in [-0.2, 0) is 0 Å². The van der Waals surface area contributed by atoms with E-state index in [0.29, 0.717) is 17.5 Å². The first kappa shape index (κ1) is 15.2. The molecule has 0 aliphatic rings. The summed E-state index contributed by atoms with van der Waals surface area (Å²) >= 11 is 0. The number of aryl methyl sites for hydroxylation is 1. The Balaban J connectivity index is 2.47. The molecule has 0 saturated carbocycles. The van der Waals surface area contributed by atoms with E-state index in [-0.39, 0.29) is 6.04 Å². The van der Waals surface area contributed by atoms with Gasteiger partial charge in [-0.1, -0.05) is 13.0 Å². The Morgan fingerprint density at radius 3 is 2.62 bits per heavy atom. The molecule has 2 aromatic rings. The number of ether oxygens (including phenoxy) is 2. The molecule has 0 aliphatic heterocycles. The SMILES string of the molecule is CCNC(c1cncc(C)c1)c1ncc(OC)nc1OC. The van der Waals surface area contributed by atoms with Gasteiger partial charge in [-0.25, -0.2) is 4.98 Å². The van der Waals surface area contributed by atoms with Gasteiger partial charge in [0.05, 0.1) is 26.5 Å². The first-order chi connectivity index (χ1) is 10.2. The molecule has 2 heterocycles. The summed E-state index contributed by atoms with van der Waals surface area (Å²) in [5, 5.41) is 3.39. The van der Waals surface area contributed by atoms with Gasteiger partial charge in [0.2, 0.25) is 11.8 Å². The third kappa shape index (κ3) is 3.46. The van der Waals surface area contributed by atoms with E-state index in [1.54, 1.807) is 20.4 Å². The maximum absolute atomic E-state index is 5.35. The number of nitrogens with one attached hydrogen (secondary N) is 1. The molecule has 1 unspecified atom stereocenters. The monoisotopic (exact) mass is 288 g/mol. The first-order valence-electron chi connectivity index (χ1n) is 6.79. The van der Waals surface area contributed by atoms with Gasteiger partial charge < -0.3 is 14.8 Å². The van der Waals surface area contributed by atoms with Gasteiger partial charge in [-0.05, 0) is 24.6 Å². The van der Waals surface area contributed by atoms with Crippen molar-refractivity contribution >= 4 is 0 Å². The highest BCUT2D eigenvalue weighted by Crippen LogP contribution is 2.28. The van der Waals surface area contributed by atoms with Crippen LogP contribution in [-0.4, -0.2) is 35.7 Å². The molecule has 0 radical (unpaired) electrons. The number of hydrogen-bond donors (Lipinski definition) is 1. The summed E-state index contributed by atoms with van der Waals surface area (Å²) in [6.07, 6.45) is 5.24. The van der Waals surface area contributed by atoms with Gasteiger partial charge in [-0.15, -0.1) is 0 Å². The van der Waals surface area contributed by atoms with E-state index in [9.17, 15) is 0 Å². The maximum Gasteiger partial charge on any atom is 0.240 e. The molecule has 0 bridgehead atoms. The number of pyridine rings is 1. The highest BCUT2D eigenvalue weighted by molar-refractivity contribution is 5.34. The average molecular weight is 288 g/mol. The second-order valence-corrected chi connectivity index (χ2v) is 4.59. The third-order valence-electron chi connectivity index (χ3n) is 3.06. The summed E-state index contributed by atoms with van der Waals surface area (Å²) in [5.74, 6) is 0.870. The number of nitrogens with zero attached hydrogens (tertiary/aromatic N) is 3. The van der Waals surface area contributed by atoms with Crippen LogP contribution >= 0.6 is 0 Å². The highest BCUT2D eigenvalue weighted by atomic mass is 16.5. The van der Waals surface area contributed by atoms with Crippen LogP contribution in [0.3, 0.4) is 0 Å². The maximum atomic E-state index is 5.35. The molecule has 1 atom stereocenters. The van der Waals surface area contributed by atoms with Crippen molar-refractivity contribution in [2.75, 3.05) is 20.8 Å². The molecule has 0 aliphatic carbocycles. The number of rotatable bonds is 6. The molecular weight excluding hydrogens is 268 g/mol. The zero-order valence-electron chi connectivity index (χ0n) is 12.8. The van der Waals surface area contributed by atoms with Crippen molar-refractivity contribution < 1.29 is 9.47 Å². The largest absolute Gasteiger partial charge is 0.480 e. The lowest BCUT2D eigenvalue weighted by Gasteiger charge is -2.19. The minimum Gasteiger partial charge on any atom is -0.480 e. The summed E-state index contributed by atoms with van der Waals surface area (Å²) in [6.45, 7) is 4.84. The molecule has 112 valence electrons. The van der Waals surface area contributed by atoms with E-state index in [1.807, 2.05) is 26.2 Å². The van der Waals surface area contributed by atoms with Crippen molar-refractivity contribution in [2.24, 2.45) is 0 Å². The molecule has 0 amide bonds.